The van der Waals surface area contributed by atoms with Gasteiger partial charge in [0.2, 0.25) is 0 Å². The van der Waals surface area contributed by atoms with Gasteiger partial charge in [0.25, 0.3) is 5.97 Å². The van der Waals surface area contributed by atoms with E-state index < -0.39 is 33.4 Å². The first kappa shape index (κ1) is 22.1. The third-order valence-corrected chi connectivity index (χ3v) is 15.4. The standard InChI is InChI=1S/C23H38O6P2/c1-16-12-19(4)28-23(8,24-16)29-20(5,13-16)30(19)10-9-11-31-21(6)14-17(2)25-18(3,27-21)15-22(31,7)26-17/h9-15H2,1-8H3/t16?,17-,18-,19-,20+,21+,22+,23?,30?/m1/s1. The molecule has 6 nitrogen and oxygen atoms in total. The van der Waals surface area contributed by atoms with Gasteiger partial charge in [-0.25, -0.2) is 0 Å². The molecule has 8 saturated heterocycles. The van der Waals surface area contributed by atoms with Crippen molar-refractivity contribution < 1.29 is 28.4 Å². The summed E-state index contributed by atoms with van der Waals surface area (Å²) in [6.07, 6.45) is 7.04. The third kappa shape index (κ3) is 3.05. The molecule has 8 fully saturated rings. The largest absolute Gasteiger partial charge is 0.339 e. The Morgan fingerprint density at radius 2 is 0.935 bits per heavy atom. The molecule has 31 heavy (non-hydrogen) atoms. The molecule has 8 aliphatic rings. The van der Waals surface area contributed by atoms with E-state index in [1.54, 1.807) is 0 Å². The van der Waals surface area contributed by atoms with Crippen LogP contribution >= 0.6 is 15.8 Å². The highest BCUT2D eigenvalue weighted by Gasteiger charge is 2.72. The molecule has 9 atom stereocenters. The van der Waals surface area contributed by atoms with Gasteiger partial charge in [-0.2, -0.15) is 0 Å². The first-order chi connectivity index (χ1) is 14.0. The highest BCUT2D eigenvalue weighted by atomic mass is 31.1. The lowest BCUT2D eigenvalue weighted by molar-refractivity contribution is -0.500. The maximum absolute atomic E-state index is 6.61. The normalized spacial score (nSPS) is 66.2. The van der Waals surface area contributed by atoms with Crippen LogP contribution in [0.3, 0.4) is 0 Å². The van der Waals surface area contributed by atoms with Crippen LogP contribution in [0.25, 0.3) is 0 Å². The molecule has 0 spiro atoms. The van der Waals surface area contributed by atoms with Gasteiger partial charge in [-0.1, -0.05) is 0 Å². The van der Waals surface area contributed by atoms with E-state index in [0.717, 1.165) is 44.4 Å². The van der Waals surface area contributed by atoms with Gasteiger partial charge in [0.05, 0.1) is 27.0 Å². The SMILES string of the molecule is CC12C[C@@]3(C)OC(C)(O1)O[C@@](C)(C2)P3CCCP1[C@@]2(C)C[C@]3(C)O[C@@](C)(C[C@@]1(C)O3)O2. The van der Waals surface area contributed by atoms with Crippen molar-refractivity contribution in [2.75, 3.05) is 12.3 Å². The Labute approximate surface area is 188 Å². The lowest BCUT2D eigenvalue weighted by Gasteiger charge is -2.70. The highest BCUT2D eigenvalue weighted by molar-refractivity contribution is 7.61. The zero-order valence-corrected chi connectivity index (χ0v) is 22.1. The van der Waals surface area contributed by atoms with Crippen LogP contribution in [-0.4, -0.2) is 56.8 Å². The fourth-order valence-electron chi connectivity index (χ4n) is 8.68. The molecular formula is C23H38O6P2. The molecule has 8 heteroatoms. The van der Waals surface area contributed by atoms with Gasteiger partial charge in [-0.15, -0.1) is 0 Å². The Kier molecular flexibility index (Phi) is 4.19. The van der Waals surface area contributed by atoms with Crippen LogP contribution in [0.15, 0.2) is 0 Å². The van der Waals surface area contributed by atoms with Crippen molar-refractivity contribution in [3.05, 3.63) is 0 Å². The molecule has 0 aliphatic carbocycles. The van der Waals surface area contributed by atoms with E-state index in [2.05, 4.69) is 48.5 Å². The summed E-state index contributed by atoms with van der Waals surface area (Å²) in [5.74, 6) is -1.94. The molecule has 176 valence electrons. The fourth-order valence-corrected chi connectivity index (χ4v) is 16.9. The molecule has 3 unspecified atom stereocenters. The van der Waals surface area contributed by atoms with Crippen LogP contribution in [0.1, 0.15) is 87.5 Å². The summed E-state index contributed by atoms with van der Waals surface area (Å²) in [7, 11) is -0.898. The van der Waals surface area contributed by atoms with E-state index in [0.29, 0.717) is 0 Å². The van der Waals surface area contributed by atoms with Crippen molar-refractivity contribution in [1.82, 2.24) is 0 Å². The molecule has 0 radical (unpaired) electrons. The van der Waals surface area contributed by atoms with Gasteiger partial charge in [-0.05, 0) is 83.1 Å². The average Bonchev–Trinajstić information content (AvgIpc) is 2.43. The van der Waals surface area contributed by atoms with Crippen molar-refractivity contribution in [2.24, 2.45) is 0 Å². The molecule has 0 amide bonds. The summed E-state index contributed by atoms with van der Waals surface area (Å²) < 4.78 is 38.6. The molecule has 0 aromatic heterocycles. The minimum atomic E-state index is -0.896. The van der Waals surface area contributed by atoms with Gasteiger partial charge in [-0.3, -0.25) is 0 Å². The van der Waals surface area contributed by atoms with Crippen LogP contribution in [-0.2, 0) is 28.4 Å². The van der Waals surface area contributed by atoms with Crippen molar-refractivity contribution in [3.8, 4) is 0 Å². The van der Waals surface area contributed by atoms with E-state index in [1.807, 2.05) is 6.92 Å². The second-order valence-corrected chi connectivity index (χ2v) is 18.6. The van der Waals surface area contributed by atoms with E-state index in [9.17, 15) is 0 Å². The first-order valence-electron chi connectivity index (χ1n) is 11.8. The maximum atomic E-state index is 6.61. The molecule has 0 aromatic rings. The van der Waals surface area contributed by atoms with Crippen LogP contribution < -0.4 is 0 Å². The lowest BCUT2D eigenvalue weighted by atomic mass is 9.88. The molecule has 0 aromatic carbocycles. The Balaban J connectivity index is 1.20. The Morgan fingerprint density at radius 3 is 1.35 bits per heavy atom. The van der Waals surface area contributed by atoms with Crippen LogP contribution in [0.2, 0.25) is 0 Å². The number of ether oxygens (including phenoxy) is 6. The van der Waals surface area contributed by atoms with Crippen LogP contribution in [0, 0.1) is 0 Å². The van der Waals surface area contributed by atoms with Crippen molar-refractivity contribution >= 4 is 15.8 Å². The average molecular weight is 472 g/mol. The topological polar surface area (TPSA) is 55.4 Å². The Morgan fingerprint density at radius 1 is 0.516 bits per heavy atom. The third-order valence-electron chi connectivity index (χ3n) is 8.30. The molecule has 0 N–H and O–H groups in total. The van der Waals surface area contributed by atoms with Gasteiger partial charge >= 0.3 is 0 Å². The smallest absolute Gasteiger partial charge is 0.282 e. The minimum Gasteiger partial charge on any atom is -0.339 e. The maximum Gasteiger partial charge on any atom is 0.282 e. The Bertz CT molecular complexity index is 679. The van der Waals surface area contributed by atoms with Gasteiger partial charge in [0.1, 0.15) is 0 Å². The minimum absolute atomic E-state index is 0.144. The zero-order valence-electron chi connectivity index (χ0n) is 20.3. The summed E-state index contributed by atoms with van der Waals surface area (Å²) in [5, 5.41) is -0.574. The molecular weight excluding hydrogens is 434 g/mol. The summed E-state index contributed by atoms with van der Waals surface area (Å²) in [6, 6.07) is 0. The first-order valence-corrected chi connectivity index (χ1v) is 14.9. The predicted molar refractivity (Wildman–Crippen MR) is 120 cm³/mol. The molecule has 8 heterocycles. The van der Waals surface area contributed by atoms with Gasteiger partial charge in [0, 0.05) is 32.6 Å². The number of hydrogen-bond acceptors (Lipinski definition) is 6. The zero-order chi connectivity index (χ0) is 22.3. The predicted octanol–water partition coefficient (Wildman–Crippen LogP) is 5.81. The van der Waals surface area contributed by atoms with Crippen molar-refractivity contribution in [1.29, 1.82) is 0 Å². The van der Waals surface area contributed by atoms with E-state index >= 15 is 0 Å². The molecule has 0 saturated carbocycles. The monoisotopic (exact) mass is 472 g/mol. The molecule has 8 bridgehead atoms. The van der Waals surface area contributed by atoms with Crippen LogP contribution in [0.5, 0.6) is 0 Å². The molecule has 8 rings (SSSR count). The second kappa shape index (κ2) is 5.88. The Hall–Kier alpha value is 0.620. The van der Waals surface area contributed by atoms with Crippen molar-refractivity contribution in [2.45, 2.75) is 132 Å². The van der Waals surface area contributed by atoms with E-state index in [-0.39, 0.29) is 27.0 Å². The highest BCUT2D eigenvalue weighted by Crippen LogP contribution is 2.79. The summed E-state index contributed by atoms with van der Waals surface area (Å²) in [5.41, 5.74) is -0.146. The summed E-state index contributed by atoms with van der Waals surface area (Å²) >= 11 is 0. The number of rotatable bonds is 4. The van der Waals surface area contributed by atoms with Crippen LogP contribution in [0.4, 0.5) is 0 Å². The fraction of sp³-hybridized carbons (Fsp3) is 1.00. The second-order valence-electron chi connectivity index (χ2n) is 12.3. The quantitative estimate of drug-likeness (QED) is 0.481. The van der Waals surface area contributed by atoms with Gasteiger partial charge < -0.3 is 28.4 Å². The molecule has 8 aliphatic heterocycles. The summed E-state index contributed by atoms with van der Waals surface area (Å²) in [4.78, 5) is 0. The van der Waals surface area contributed by atoms with E-state index in [4.69, 9.17) is 28.4 Å². The van der Waals surface area contributed by atoms with Crippen molar-refractivity contribution in [3.63, 3.8) is 0 Å². The van der Waals surface area contributed by atoms with Gasteiger partial charge in [0.15, 0.2) is 11.6 Å². The van der Waals surface area contributed by atoms with E-state index in [1.165, 1.54) is 0 Å². The number of hydrogen-bond donors (Lipinski definition) is 0. The summed E-state index contributed by atoms with van der Waals surface area (Å²) in [6.45, 7) is 17.6. The lowest BCUT2D eigenvalue weighted by Crippen LogP contribution is -2.72.